The maximum Gasteiger partial charge on any atom is 0.310 e. The van der Waals surface area contributed by atoms with Crippen molar-refractivity contribution in [3.05, 3.63) is 7.05 Å². The summed E-state index contributed by atoms with van der Waals surface area (Å²) < 4.78 is 4.91. The first kappa shape index (κ1) is 9.52. The first-order valence-corrected chi connectivity index (χ1v) is 4.40. The molecule has 1 aliphatic rings. The molecule has 0 amide bonds. The molecule has 12 heavy (non-hydrogen) atoms. The van der Waals surface area contributed by atoms with E-state index in [1.807, 2.05) is 6.92 Å². The van der Waals surface area contributed by atoms with Gasteiger partial charge in [0.15, 0.2) is 0 Å². The molecule has 1 saturated heterocycles. The highest BCUT2D eigenvalue weighted by Crippen LogP contribution is 2.16. The van der Waals surface area contributed by atoms with Crippen LogP contribution in [0.25, 0.3) is 0 Å². The van der Waals surface area contributed by atoms with Crippen molar-refractivity contribution in [2.75, 3.05) is 19.7 Å². The van der Waals surface area contributed by atoms with Crippen LogP contribution in [0.1, 0.15) is 19.8 Å². The van der Waals surface area contributed by atoms with Gasteiger partial charge in [0, 0.05) is 13.6 Å². The highest BCUT2D eigenvalue weighted by molar-refractivity contribution is 5.72. The SMILES string of the molecule is [CH]N1CCCC(C(=O)OCC)C1. The molecule has 1 aliphatic heterocycles. The summed E-state index contributed by atoms with van der Waals surface area (Å²) >= 11 is 0. The number of likely N-dealkylation sites (tertiary alicyclic amines) is 1. The van der Waals surface area contributed by atoms with Crippen LogP contribution in [0.5, 0.6) is 0 Å². The minimum atomic E-state index is -0.104. The summed E-state index contributed by atoms with van der Waals surface area (Å²) in [6, 6.07) is 0. The maximum absolute atomic E-state index is 11.2. The van der Waals surface area contributed by atoms with E-state index in [1.54, 1.807) is 4.90 Å². The van der Waals surface area contributed by atoms with E-state index in [0.717, 1.165) is 19.4 Å². The number of hydrogen-bond acceptors (Lipinski definition) is 3. The quantitative estimate of drug-likeness (QED) is 0.576. The molecule has 0 saturated carbocycles. The molecule has 3 nitrogen and oxygen atoms in total. The highest BCUT2D eigenvalue weighted by atomic mass is 16.5. The Hall–Kier alpha value is -0.570. The van der Waals surface area contributed by atoms with E-state index in [1.165, 1.54) is 0 Å². The molecule has 1 unspecified atom stereocenters. The summed E-state index contributed by atoms with van der Waals surface area (Å²) in [5, 5.41) is 0. The summed E-state index contributed by atoms with van der Waals surface area (Å²) in [4.78, 5) is 12.9. The minimum Gasteiger partial charge on any atom is -0.466 e. The molecule has 0 aromatic heterocycles. The van der Waals surface area contributed by atoms with Crippen molar-refractivity contribution < 1.29 is 9.53 Å². The van der Waals surface area contributed by atoms with Crippen molar-refractivity contribution in [3.8, 4) is 0 Å². The lowest BCUT2D eigenvalue weighted by Crippen LogP contribution is -2.35. The third kappa shape index (κ3) is 2.48. The number of nitrogens with zero attached hydrogens (tertiary/aromatic N) is 1. The van der Waals surface area contributed by atoms with Crippen molar-refractivity contribution in [1.82, 2.24) is 4.90 Å². The Morgan fingerprint density at radius 2 is 2.50 bits per heavy atom. The predicted molar refractivity (Wildman–Crippen MR) is 45.2 cm³/mol. The van der Waals surface area contributed by atoms with Crippen LogP contribution < -0.4 is 0 Å². The summed E-state index contributed by atoms with van der Waals surface area (Å²) in [5.74, 6) is -0.114. The molecular weight excluding hydrogens is 154 g/mol. The van der Waals surface area contributed by atoms with Crippen LogP contribution in [-0.2, 0) is 9.53 Å². The molecular formula is C9H15NO2. The van der Waals surface area contributed by atoms with Crippen LogP contribution in [0.4, 0.5) is 0 Å². The van der Waals surface area contributed by atoms with Gasteiger partial charge in [0.2, 0.25) is 0 Å². The largest absolute Gasteiger partial charge is 0.466 e. The number of carbonyl (C=O) groups excluding carboxylic acids is 1. The number of carbonyl (C=O) groups is 1. The monoisotopic (exact) mass is 169 g/mol. The average molecular weight is 169 g/mol. The molecule has 0 aromatic rings. The third-order valence-electron chi connectivity index (χ3n) is 2.07. The van der Waals surface area contributed by atoms with Gasteiger partial charge in [-0.15, -0.1) is 0 Å². The van der Waals surface area contributed by atoms with Gasteiger partial charge in [0.05, 0.1) is 12.5 Å². The van der Waals surface area contributed by atoms with Gasteiger partial charge >= 0.3 is 5.97 Å². The highest BCUT2D eigenvalue weighted by Gasteiger charge is 2.24. The van der Waals surface area contributed by atoms with Crippen molar-refractivity contribution in [1.29, 1.82) is 0 Å². The van der Waals surface area contributed by atoms with Crippen LogP contribution in [0.3, 0.4) is 0 Å². The number of piperidine rings is 1. The Morgan fingerprint density at radius 1 is 1.75 bits per heavy atom. The molecule has 1 atom stereocenters. The number of rotatable bonds is 2. The van der Waals surface area contributed by atoms with E-state index in [0.29, 0.717) is 13.2 Å². The lowest BCUT2D eigenvalue weighted by molar-refractivity contribution is -0.149. The normalized spacial score (nSPS) is 25.3. The van der Waals surface area contributed by atoms with Gasteiger partial charge in [-0.1, -0.05) is 0 Å². The Kier molecular flexibility index (Phi) is 3.53. The van der Waals surface area contributed by atoms with Gasteiger partial charge in [0.25, 0.3) is 0 Å². The summed E-state index contributed by atoms with van der Waals surface area (Å²) in [6.07, 6.45) is 1.90. The first-order valence-electron chi connectivity index (χ1n) is 4.40. The fourth-order valence-electron chi connectivity index (χ4n) is 1.46. The van der Waals surface area contributed by atoms with E-state index in [-0.39, 0.29) is 11.9 Å². The van der Waals surface area contributed by atoms with Gasteiger partial charge in [-0.2, -0.15) is 0 Å². The summed E-state index contributed by atoms with van der Waals surface area (Å²) in [6.45, 7) is 3.80. The van der Waals surface area contributed by atoms with Gasteiger partial charge in [-0.05, 0) is 26.3 Å². The van der Waals surface area contributed by atoms with Crippen molar-refractivity contribution >= 4 is 5.97 Å². The minimum absolute atomic E-state index is 0.0105. The van der Waals surface area contributed by atoms with Crippen LogP contribution in [0.2, 0.25) is 0 Å². The molecule has 3 heteroatoms. The molecule has 0 N–H and O–H groups in total. The molecule has 68 valence electrons. The van der Waals surface area contributed by atoms with Crippen molar-refractivity contribution in [3.63, 3.8) is 0 Å². The van der Waals surface area contributed by atoms with E-state index >= 15 is 0 Å². The number of esters is 1. The van der Waals surface area contributed by atoms with Gasteiger partial charge in [-0.3, -0.25) is 9.69 Å². The Balaban J connectivity index is 2.35. The summed E-state index contributed by atoms with van der Waals surface area (Å²) in [7, 11) is 5.58. The average Bonchev–Trinajstić information content (AvgIpc) is 2.05. The molecule has 0 spiro atoms. The van der Waals surface area contributed by atoms with Crippen LogP contribution in [0, 0.1) is 13.0 Å². The second-order valence-corrected chi connectivity index (χ2v) is 3.09. The third-order valence-corrected chi connectivity index (χ3v) is 2.07. The standard InChI is InChI=1S/C9H15NO2/c1-3-12-9(11)8-5-4-6-10(2)7-8/h2,8H,3-7H2,1H3. The van der Waals surface area contributed by atoms with Crippen LogP contribution >= 0.6 is 0 Å². The Bertz CT molecular complexity index is 159. The smallest absolute Gasteiger partial charge is 0.310 e. The summed E-state index contributed by atoms with van der Waals surface area (Å²) in [5.41, 5.74) is 0. The molecule has 1 heterocycles. The fraction of sp³-hybridized carbons (Fsp3) is 0.778. The van der Waals surface area contributed by atoms with Crippen LogP contribution in [0.15, 0.2) is 0 Å². The van der Waals surface area contributed by atoms with Gasteiger partial charge in [0.1, 0.15) is 0 Å². The van der Waals surface area contributed by atoms with E-state index in [4.69, 9.17) is 11.8 Å². The van der Waals surface area contributed by atoms with E-state index < -0.39 is 0 Å². The van der Waals surface area contributed by atoms with E-state index in [9.17, 15) is 4.79 Å². The number of ether oxygens (including phenoxy) is 1. The first-order chi connectivity index (χ1) is 5.74. The Labute approximate surface area is 73.7 Å². The topological polar surface area (TPSA) is 29.5 Å². The van der Waals surface area contributed by atoms with Crippen LogP contribution in [-0.4, -0.2) is 30.6 Å². The Morgan fingerprint density at radius 3 is 3.08 bits per heavy atom. The second kappa shape index (κ2) is 4.45. The maximum atomic E-state index is 11.2. The molecule has 2 radical (unpaired) electrons. The van der Waals surface area contributed by atoms with Crippen molar-refractivity contribution in [2.24, 2.45) is 5.92 Å². The zero-order chi connectivity index (χ0) is 8.97. The second-order valence-electron chi connectivity index (χ2n) is 3.09. The zero-order valence-electron chi connectivity index (χ0n) is 7.45. The lowest BCUT2D eigenvalue weighted by Gasteiger charge is -2.27. The van der Waals surface area contributed by atoms with Crippen molar-refractivity contribution in [2.45, 2.75) is 19.8 Å². The van der Waals surface area contributed by atoms with E-state index in [2.05, 4.69) is 0 Å². The van der Waals surface area contributed by atoms with Gasteiger partial charge < -0.3 is 4.74 Å². The molecule has 0 bridgehead atoms. The molecule has 0 aliphatic carbocycles. The van der Waals surface area contributed by atoms with Gasteiger partial charge in [-0.25, -0.2) is 0 Å². The molecule has 0 aromatic carbocycles. The predicted octanol–water partition coefficient (Wildman–Crippen LogP) is 0.930. The number of hydrogen-bond donors (Lipinski definition) is 0. The molecule has 1 fully saturated rings. The fourth-order valence-corrected chi connectivity index (χ4v) is 1.46. The zero-order valence-corrected chi connectivity index (χ0v) is 7.45. The molecule has 1 rings (SSSR count). The lowest BCUT2D eigenvalue weighted by atomic mass is 9.99.